The quantitative estimate of drug-likeness (QED) is 0.613. The Hall–Kier alpha value is -2.56. The fourth-order valence-electron chi connectivity index (χ4n) is 1.77. The summed E-state index contributed by atoms with van der Waals surface area (Å²) in [5.41, 5.74) is 0.669. The maximum Gasteiger partial charge on any atom is 0.316 e. The second kappa shape index (κ2) is 9.06. The highest BCUT2D eigenvalue weighted by Gasteiger charge is 2.11. The van der Waals surface area contributed by atoms with Gasteiger partial charge in [0.05, 0.1) is 16.3 Å². The van der Waals surface area contributed by atoms with Crippen molar-refractivity contribution in [2.75, 3.05) is 17.7 Å². The molecule has 1 N–H and O–H groups in total. The van der Waals surface area contributed by atoms with Crippen LogP contribution in [0.15, 0.2) is 47.4 Å². The molecule has 1 amide bonds. The van der Waals surface area contributed by atoms with Crippen molar-refractivity contribution in [2.45, 2.75) is 4.90 Å². The van der Waals surface area contributed by atoms with Gasteiger partial charge in [-0.15, -0.1) is 11.8 Å². The highest BCUT2D eigenvalue weighted by Crippen LogP contribution is 2.21. The number of carbonyl (C=O) groups excluding carboxylic acids is 2. The van der Waals surface area contributed by atoms with Crippen LogP contribution in [0.5, 0.6) is 0 Å². The van der Waals surface area contributed by atoms with Crippen molar-refractivity contribution in [2.24, 2.45) is 0 Å². The Bertz CT molecular complexity index is 839. The van der Waals surface area contributed by atoms with E-state index in [1.165, 1.54) is 24.3 Å². The van der Waals surface area contributed by atoms with Crippen LogP contribution in [-0.2, 0) is 14.3 Å². The molecule has 0 aliphatic carbocycles. The molecule has 128 valence electrons. The van der Waals surface area contributed by atoms with Crippen LogP contribution in [0.2, 0.25) is 5.02 Å². The summed E-state index contributed by atoms with van der Waals surface area (Å²) in [6.45, 7) is -0.478. The number of thioether (sulfide) groups is 1. The van der Waals surface area contributed by atoms with Crippen LogP contribution >= 0.6 is 23.4 Å². The summed E-state index contributed by atoms with van der Waals surface area (Å²) in [6, 6.07) is 12.4. The monoisotopic (exact) mass is 378 g/mol. The topological polar surface area (TPSA) is 79.2 Å². The molecule has 25 heavy (non-hydrogen) atoms. The number of hydrogen-bond donors (Lipinski definition) is 1. The Balaban J connectivity index is 1.78. The number of rotatable bonds is 6. The Morgan fingerprint density at radius 1 is 1.28 bits per heavy atom. The number of nitriles is 1. The first-order valence-electron chi connectivity index (χ1n) is 7.02. The predicted molar refractivity (Wildman–Crippen MR) is 92.9 cm³/mol. The van der Waals surface area contributed by atoms with Crippen molar-refractivity contribution >= 4 is 40.9 Å². The van der Waals surface area contributed by atoms with Gasteiger partial charge in [0, 0.05) is 10.6 Å². The van der Waals surface area contributed by atoms with Crippen molar-refractivity contribution in [3.8, 4) is 6.07 Å². The van der Waals surface area contributed by atoms with Crippen molar-refractivity contribution in [3.05, 3.63) is 58.9 Å². The van der Waals surface area contributed by atoms with Crippen LogP contribution in [-0.4, -0.2) is 24.2 Å². The first-order chi connectivity index (χ1) is 12.0. The van der Waals surface area contributed by atoms with E-state index in [1.807, 2.05) is 6.07 Å². The number of amides is 1. The highest BCUT2D eigenvalue weighted by atomic mass is 35.5. The van der Waals surface area contributed by atoms with Crippen LogP contribution in [0.4, 0.5) is 10.1 Å². The van der Waals surface area contributed by atoms with Gasteiger partial charge < -0.3 is 10.1 Å². The predicted octanol–water partition coefficient (Wildman–Crippen LogP) is 3.62. The largest absolute Gasteiger partial charge is 0.455 e. The summed E-state index contributed by atoms with van der Waals surface area (Å²) >= 11 is 6.85. The lowest BCUT2D eigenvalue weighted by atomic mass is 10.2. The smallest absolute Gasteiger partial charge is 0.316 e. The first kappa shape index (κ1) is 18.8. The third-order valence-electron chi connectivity index (χ3n) is 2.92. The van der Waals surface area contributed by atoms with E-state index in [9.17, 15) is 14.0 Å². The average molecular weight is 379 g/mol. The van der Waals surface area contributed by atoms with Crippen LogP contribution in [0.1, 0.15) is 5.56 Å². The molecule has 2 rings (SSSR count). The number of nitrogens with one attached hydrogen (secondary N) is 1. The van der Waals surface area contributed by atoms with Crippen molar-refractivity contribution in [1.29, 1.82) is 5.26 Å². The van der Waals surface area contributed by atoms with E-state index in [2.05, 4.69) is 5.32 Å². The number of hydrogen-bond acceptors (Lipinski definition) is 5. The van der Waals surface area contributed by atoms with Gasteiger partial charge in [-0.25, -0.2) is 4.39 Å². The molecule has 0 spiro atoms. The Morgan fingerprint density at radius 2 is 2.04 bits per heavy atom. The minimum Gasteiger partial charge on any atom is -0.455 e. The van der Waals surface area contributed by atoms with E-state index in [0.29, 0.717) is 10.6 Å². The SMILES string of the molecule is N#Cc1ccc(NC(=O)COC(=O)CSc2ccccc2F)cc1Cl. The molecule has 0 unspecified atom stereocenters. The van der Waals surface area contributed by atoms with Gasteiger partial charge in [-0.3, -0.25) is 9.59 Å². The number of carbonyl (C=O) groups is 2. The molecule has 0 atom stereocenters. The van der Waals surface area contributed by atoms with Gasteiger partial charge in [0.1, 0.15) is 11.9 Å². The number of benzene rings is 2. The van der Waals surface area contributed by atoms with Gasteiger partial charge in [0.2, 0.25) is 0 Å². The van der Waals surface area contributed by atoms with Gasteiger partial charge in [0.15, 0.2) is 6.61 Å². The second-order valence-corrected chi connectivity index (χ2v) is 6.16. The standard InChI is InChI=1S/C17H12ClFN2O3S/c18-13-7-12(6-5-11(13)8-20)21-16(22)9-24-17(23)10-25-15-4-2-1-3-14(15)19/h1-7H,9-10H2,(H,21,22). The number of esters is 1. The molecule has 0 saturated carbocycles. The van der Waals surface area contributed by atoms with Gasteiger partial charge in [-0.2, -0.15) is 5.26 Å². The van der Waals surface area contributed by atoms with E-state index >= 15 is 0 Å². The third kappa shape index (κ3) is 5.78. The molecule has 0 aliphatic heterocycles. The first-order valence-corrected chi connectivity index (χ1v) is 8.38. The zero-order valence-corrected chi connectivity index (χ0v) is 14.4. The minimum atomic E-state index is -0.638. The molecule has 2 aromatic carbocycles. The number of nitrogens with zero attached hydrogens (tertiary/aromatic N) is 1. The van der Waals surface area contributed by atoms with E-state index in [4.69, 9.17) is 21.6 Å². The molecule has 0 bridgehead atoms. The fourth-order valence-corrected chi connectivity index (χ4v) is 2.73. The highest BCUT2D eigenvalue weighted by molar-refractivity contribution is 8.00. The van der Waals surface area contributed by atoms with Crippen LogP contribution in [0.25, 0.3) is 0 Å². The molecule has 0 radical (unpaired) electrons. The number of ether oxygens (including phenoxy) is 1. The van der Waals surface area contributed by atoms with E-state index in [1.54, 1.807) is 18.2 Å². The van der Waals surface area contributed by atoms with E-state index in [-0.39, 0.29) is 16.3 Å². The summed E-state index contributed by atoms with van der Waals surface area (Å²) in [5, 5.41) is 11.5. The minimum absolute atomic E-state index is 0.114. The van der Waals surface area contributed by atoms with Crippen LogP contribution < -0.4 is 5.32 Å². The van der Waals surface area contributed by atoms with E-state index < -0.39 is 24.3 Å². The summed E-state index contributed by atoms with van der Waals surface area (Å²) in [5.74, 6) is -1.72. The van der Waals surface area contributed by atoms with Gasteiger partial charge in [0.25, 0.3) is 5.91 Å². The fraction of sp³-hybridized carbons (Fsp3) is 0.118. The molecule has 8 heteroatoms. The molecule has 0 saturated heterocycles. The second-order valence-electron chi connectivity index (χ2n) is 4.73. The van der Waals surface area contributed by atoms with Crippen molar-refractivity contribution in [1.82, 2.24) is 0 Å². The van der Waals surface area contributed by atoms with Crippen molar-refractivity contribution in [3.63, 3.8) is 0 Å². The van der Waals surface area contributed by atoms with Crippen molar-refractivity contribution < 1.29 is 18.7 Å². The van der Waals surface area contributed by atoms with Gasteiger partial charge in [-0.05, 0) is 30.3 Å². The molecule has 0 fully saturated rings. The number of halogens is 2. The summed E-state index contributed by atoms with van der Waals surface area (Å²) in [4.78, 5) is 23.7. The molecule has 0 aliphatic rings. The molecule has 0 aromatic heterocycles. The summed E-state index contributed by atoms with van der Waals surface area (Å²) < 4.78 is 18.2. The molecule has 5 nitrogen and oxygen atoms in total. The Labute approximate surface area is 152 Å². The Kier molecular flexibility index (Phi) is 6.81. The summed E-state index contributed by atoms with van der Waals surface area (Å²) in [6.07, 6.45) is 0. The zero-order valence-electron chi connectivity index (χ0n) is 12.8. The average Bonchev–Trinajstić information content (AvgIpc) is 2.59. The molecular formula is C17H12ClFN2O3S. The third-order valence-corrected chi connectivity index (χ3v) is 4.25. The van der Waals surface area contributed by atoms with Crippen LogP contribution in [0.3, 0.4) is 0 Å². The van der Waals surface area contributed by atoms with E-state index in [0.717, 1.165) is 11.8 Å². The van der Waals surface area contributed by atoms with Gasteiger partial charge in [-0.1, -0.05) is 23.7 Å². The molecule has 2 aromatic rings. The normalized spacial score (nSPS) is 9.96. The lowest BCUT2D eigenvalue weighted by Gasteiger charge is -2.07. The maximum absolute atomic E-state index is 13.4. The lowest BCUT2D eigenvalue weighted by molar-refractivity contribution is -0.144. The van der Waals surface area contributed by atoms with Crippen LogP contribution in [0, 0.1) is 17.1 Å². The zero-order chi connectivity index (χ0) is 18.2. The molecule has 0 heterocycles. The lowest BCUT2D eigenvalue weighted by Crippen LogP contribution is -2.21. The summed E-state index contributed by atoms with van der Waals surface area (Å²) in [7, 11) is 0. The maximum atomic E-state index is 13.4. The molecular weight excluding hydrogens is 367 g/mol. The van der Waals surface area contributed by atoms with Gasteiger partial charge >= 0.3 is 5.97 Å². The Morgan fingerprint density at radius 3 is 2.72 bits per heavy atom. The number of anilines is 1.